The van der Waals surface area contributed by atoms with Crippen LogP contribution in [0.5, 0.6) is 0 Å². The highest BCUT2D eigenvalue weighted by atomic mass is 16.1. The predicted octanol–water partition coefficient (Wildman–Crippen LogP) is 2.66. The summed E-state index contributed by atoms with van der Waals surface area (Å²) in [7, 11) is 0. The molecule has 0 fully saturated rings. The van der Waals surface area contributed by atoms with Crippen molar-refractivity contribution in [3.05, 3.63) is 53.7 Å². The van der Waals surface area contributed by atoms with Crippen molar-refractivity contribution in [2.45, 2.75) is 26.2 Å². The molecule has 1 amide bonds. The second-order valence-electron chi connectivity index (χ2n) is 5.08. The van der Waals surface area contributed by atoms with Gasteiger partial charge in [0.05, 0.1) is 0 Å². The molecule has 0 saturated carbocycles. The lowest BCUT2D eigenvalue weighted by molar-refractivity contribution is 0.0947. The Balaban J connectivity index is 1.73. The number of carbonyl (C=O) groups is 1. The molecule has 0 radical (unpaired) electrons. The van der Waals surface area contributed by atoms with Gasteiger partial charge in [-0.15, -0.1) is 10.2 Å². The maximum Gasteiger partial charge on any atom is 0.271 e. The van der Waals surface area contributed by atoms with E-state index in [4.69, 9.17) is 0 Å². The second-order valence-corrected chi connectivity index (χ2v) is 5.08. The van der Waals surface area contributed by atoms with Gasteiger partial charge >= 0.3 is 0 Å². The van der Waals surface area contributed by atoms with Crippen molar-refractivity contribution in [1.82, 2.24) is 15.5 Å². The highest BCUT2D eigenvalue weighted by molar-refractivity contribution is 5.92. The van der Waals surface area contributed by atoms with E-state index in [0.717, 1.165) is 25.8 Å². The molecular weight excluding hydrogens is 276 g/mol. The number of benzene rings is 1. The maximum atomic E-state index is 11.7. The van der Waals surface area contributed by atoms with Crippen LogP contribution >= 0.6 is 0 Å². The van der Waals surface area contributed by atoms with Gasteiger partial charge in [-0.1, -0.05) is 37.3 Å². The summed E-state index contributed by atoms with van der Waals surface area (Å²) in [4.78, 5) is 11.7. The van der Waals surface area contributed by atoms with Crippen molar-refractivity contribution < 1.29 is 4.79 Å². The third kappa shape index (κ3) is 5.16. The van der Waals surface area contributed by atoms with E-state index in [-0.39, 0.29) is 5.91 Å². The van der Waals surface area contributed by atoms with E-state index in [0.29, 0.717) is 18.1 Å². The smallest absolute Gasteiger partial charge is 0.271 e. The fourth-order valence-electron chi connectivity index (χ4n) is 2.03. The zero-order valence-electron chi connectivity index (χ0n) is 12.9. The normalized spacial score (nSPS) is 10.2. The summed E-state index contributed by atoms with van der Waals surface area (Å²) in [6.07, 6.45) is 2.95. The van der Waals surface area contributed by atoms with Crippen LogP contribution in [0.15, 0.2) is 42.5 Å². The van der Waals surface area contributed by atoms with Crippen LogP contribution in [0.1, 0.15) is 35.8 Å². The van der Waals surface area contributed by atoms with Gasteiger partial charge in [0.15, 0.2) is 5.69 Å². The summed E-state index contributed by atoms with van der Waals surface area (Å²) in [6, 6.07) is 13.9. The average molecular weight is 298 g/mol. The summed E-state index contributed by atoms with van der Waals surface area (Å²) >= 11 is 0. The lowest BCUT2D eigenvalue weighted by Crippen LogP contribution is -2.25. The maximum absolute atomic E-state index is 11.7. The minimum atomic E-state index is -0.176. The van der Waals surface area contributed by atoms with Crippen molar-refractivity contribution in [2.75, 3.05) is 18.4 Å². The average Bonchev–Trinajstić information content (AvgIpc) is 2.58. The molecule has 0 spiro atoms. The highest BCUT2D eigenvalue weighted by Crippen LogP contribution is 2.05. The fourth-order valence-corrected chi connectivity index (χ4v) is 2.03. The molecule has 2 rings (SSSR count). The van der Waals surface area contributed by atoms with Crippen LogP contribution in [0.2, 0.25) is 0 Å². The Morgan fingerprint density at radius 3 is 2.55 bits per heavy atom. The minimum absolute atomic E-state index is 0.176. The molecule has 0 saturated heterocycles. The third-order valence-corrected chi connectivity index (χ3v) is 3.22. The molecule has 0 aliphatic heterocycles. The summed E-state index contributed by atoms with van der Waals surface area (Å²) in [5.74, 6) is 0.519. The van der Waals surface area contributed by atoms with Crippen molar-refractivity contribution in [2.24, 2.45) is 0 Å². The van der Waals surface area contributed by atoms with E-state index in [2.05, 4.69) is 45.1 Å². The van der Waals surface area contributed by atoms with Crippen LogP contribution in [-0.2, 0) is 6.42 Å². The Kier molecular flexibility index (Phi) is 6.36. The van der Waals surface area contributed by atoms with Crippen molar-refractivity contribution in [1.29, 1.82) is 0 Å². The van der Waals surface area contributed by atoms with E-state index < -0.39 is 0 Å². The number of carbonyl (C=O) groups excluding carboxylic acids is 1. The molecule has 1 heterocycles. The molecule has 5 nitrogen and oxygen atoms in total. The number of nitrogens with zero attached hydrogens (tertiary/aromatic N) is 2. The van der Waals surface area contributed by atoms with Gasteiger partial charge < -0.3 is 10.6 Å². The molecule has 1 aromatic heterocycles. The lowest BCUT2D eigenvalue weighted by atomic mass is 10.1. The molecule has 116 valence electrons. The van der Waals surface area contributed by atoms with Gasteiger partial charge in [0.1, 0.15) is 5.82 Å². The summed E-state index contributed by atoms with van der Waals surface area (Å²) in [6.45, 7) is 3.49. The first kappa shape index (κ1) is 15.9. The van der Waals surface area contributed by atoms with Crippen molar-refractivity contribution in [3.8, 4) is 0 Å². The molecular formula is C17H22N4O. The summed E-state index contributed by atoms with van der Waals surface area (Å²) < 4.78 is 0. The number of rotatable bonds is 8. The van der Waals surface area contributed by atoms with Gasteiger partial charge in [0.25, 0.3) is 5.91 Å². The quantitative estimate of drug-likeness (QED) is 0.735. The highest BCUT2D eigenvalue weighted by Gasteiger charge is 2.06. The van der Waals surface area contributed by atoms with Gasteiger partial charge in [-0.25, -0.2) is 0 Å². The van der Waals surface area contributed by atoms with E-state index >= 15 is 0 Å². The van der Waals surface area contributed by atoms with Crippen molar-refractivity contribution >= 4 is 11.7 Å². The Hall–Kier alpha value is -2.43. The lowest BCUT2D eigenvalue weighted by Gasteiger charge is -2.06. The molecule has 22 heavy (non-hydrogen) atoms. The molecule has 0 aliphatic rings. The molecule has 5 heteroatoms. The standard InChI is InChI=1S/C17H22N4O/c1-2-12-19-17(22)15-10-11-16(21-20-15)18-13-6-9-14-7-4-3-5-8-14/h3-5,7-8,10-11H,2,6,9,12-13H2,1H3,(H,18,21)(H,19,22). The number of aromatic nitrogens is 2. The molecule has 2 aromatic rings. The predicted molar refractivity (Wildman–Crippen MR) is 87.9 cm³/mol. The number of aryl methyl sites for hydroxylation is 1. The Morgan fingerprint density at radius 1 is 1.05 bits per heavy atom. The molecule has 1 aromatic carbocycles. The van der Waals surface area contributed by atoms with Crippen LogP contribution in [0.4, 0.5) is 5.82 Å². The Morgan fingerprint density at radius 2 is 1.86 bits per heavy atom. The number of hydrogen-bond donors (Lipinski definition) is 2. The Bertz CT molecular complexity index is 569. The van der Waals surface area contributed by atoms with Crippen LogP contribution < -0.4 is 10.6 Å². The molecule has 0 unspecified atom stereocenters. The largest absolute Gasteiger partial charge is 0.369 e. The van der Waals surface area contributed by atoms with Gasteiger partial charge in [-0.3, -0.25) is 4.79 Å². The first-order chi connectivity index (χ1) is 10.8. The Labute approximate surface area is 131 Å². The monoisotopic (exact) mass is 298 g/mol. The zero-order valence-corrected chi connectivity index (χ0v) is 12.9. The third-order valence-electron chi connectivity index (χ3n) is 3.22. The SMILES string of the molecule is CCCNC(=O)c1ccc(NCCCc2ccccc2)nn1. The number of hydrogen-bond acceptors (Lipinski definition) is 4. The number of amides is 1. The van der Waals surface area contributed by atoms with E-state index in [1.54, 1.807) is 12.1 Å². The van der Waals surface area contributed by atoms with Gasteiger partial charge in [-0.05, 0) is 37.0 Å². The molecule has 2 N–H and O–H groups in total. The van der Waals surface area contributed by atoms with Gasteiger partial charge in [0, 0.05) is 13.1 Å². The summed E-state index contributed by atoms with van der Waals surface area (Å²) in [5, 5.41) is 14.0. The topological polar surface area (TPSA) is 66.9 Å². The first-order valence-corrected chi connectivity index (χ1v) is 7.69. The fraction of sp³-hybridized carbons (Fsp3) is 0.353. The van der Waals surface area contributed by atoms with Crippen molar-refractivity contribution in [3.63, 3.8) is 0 Å². The minimum Gasteiger partial charge on any atom is -0.369 e. The second kappa shape index (κ2) is 8.77. The van der Waals surface area contributed by atoms with Crippen LogP contribution in [0.25, 0.3) is 0 Å². The zero-order chi connectivity index (χ0) is 15.6. The van der Waals surface area contributed by atoms with Gasteiger partial charge in [0.2, 0.25) is 0 Å². The first-order valence-electron chi connectivity index (χ1n) is 7.69. The molecule has 0 aliphatic carbocycles. The van der Waals surface area contributed by atoms with Crippen LogP contribution in [0, 0.1) is 0 Å². The molecule has 0 bridgehead atoms. The van der Waals surface area contributed by atoms with E-state index in [1.807, 2.05) is 13.0 Å². The van der Waals surface area contributed by atoms with Crippen LogP contribution in [0.3, 0.4) is 0 Å². The van der Waals surface area contributed by atoms with Gasteiger partial charge in [-0.2, -0.15) is 0 Å². The van der Waals surface area contributed by atoms with E-state index in [9.17, 15) is 4.79 Å². The number of anilines is 1. The summed E-state index contributed by atoms with van der Waals surface area (Å²) in [5.41, 5.74) is 1.68. The number of nitrogens with one attached hydrogen (secondary N) is 2. The van der Waals surface area contributed by atoms with Crippen LogP contribution in [-0.4, -0.2) is 29.2 Å². The van der Waals surface area contributed by atoms with E-state index in [1.165, 1.54) is 5.56 Å². The molecule has 0 atom stereocenters.